The summed E-state index contributed by atoms with van der Waals surface area (Å²) in [4.78, 5) is 35.3. The topological polar surface area (TPSA) is 108 Å². The van der Waals surface area contributed by atoms with Crippen LogP contribution in [0.25, 0.3) is 0 Å². The van der Waals surface area contributed by atoms with Gasteiger partial charge in [0.25, 0.3) is 0 Å². The summed E-state index contributed by atoms with van der Waals surface area (Å²) in [6.07, 6.45) is -0.924. The van der Waals surface area contributed by atoms with E-state index in [9.17, 15) is 14.4 Å². The summed E-state index contributed by atoms with van der Waals surface area (Å²) in [5, 5.41) is 2.46. The number of amides is 2. The summed E-state index contributed by atoms with van der Waals surface area (Å²) < 4.78 is 10.6. The number of esters is 1. The van der Waals surface area contributed by atoms with Crippen molar-refractivity contribution < 1.29 is 23.9 Å². The molecule has 0 spiro atoms. The molecule has 7 nitrogen and oxygen atoms in total. The van der Waals surface area contributed by atoms with Gasteiger partial charge >= 0.3 is 12.0 Å². The van der Waals surface area contributed by atoms with E-state index in [2.05, 4.69) is 5.32 Å². The molecule has 7 heteroatoms. The fourth-order valence-electron chi connectivity index (χ4n) is 2.35. The van der Waals surface area contributed by atoms with Crippen LogP contribution in [0.2, 0.25) is 0 Å². The zero-order valence-corrected chi connectivity index (χ0v) is 15.2. The first-order valence-electron chi connectivity index (χ1n) is 8.51. The van der Waals surface area contributed by atoms with Gasteiger partial charge < -0.3 is 20.5 Å². The molecule has 0 aliphatic carbocycles. The Morgan fingerprint density at radius 2 is 1.59 bits per heavy atom. The van der Waals surface area contributed by atoms with Crippen LogP contribution in [0.1, 0.15) is 40.1 Å². The van der Waals surface area contributed by atoms with Crippen molar-refractivity contribution in [3.8, 4) is 5.75 Å². The average molecular weight is 370 g/mol. The van der Waals surface area contributed by atoms with Crippen LogP contribution in [-0.4, -0.2) is 30.5 Å². The molecule has 142 valence electrons. The van der Waals surface area contributed by atoms with Gasteiger partial charge in [0.1, 0.15) is 5.75 Å². The Bertz CT molecular complexity index is 800. The van der Waals surface area contributed by atoms with Crippen LogP contribution in [0.4, 0.5) is 4.79 Å². The molecule has 0 aliphatic heterocycles. The van der Waals surface area contributed by atoms with E-state index in [1.54, 1.807) is 48.5 Å². The molecular formula is C20H22N2O5. The quantitative estimate of drug-likeness (QED) is 0.549. The maximum absolute atomic E-state index is 12.4. The summed E-state index contributed by atoms with van der Waals surface area (Å²) in [7, 11) is 0. The Labute approximate surface area is 157 Å². The van der Waals surface area contributed by atoms with E-state index in [4.69, 9.17) is 15.2 Å². The standard InChI is InChI=1S/C20H22N2O5/c1-3-26-17-10-8-15(9-11-17)18(23)13(2)27-19(24)16-6-4-14(5-7-16)12-22-20(21)25/h4-11,13H,3,12H2,1-2H3,(H3,21,22,25)/t13-/m0/s1. The lowest BCUT2D eigenvalue weighted by atomic mass is 10.1. The number of benzene rings is 2. The number of Topliss-reactive ketones (excluding diaryl/α,β-unsaturated/α-hetero) is 1. The number of urea groups is 1. The van der Waals surface area contributed by atoms with Crippen molar-refractivity contribution in [2.45, 2.75) is 26.5 Å². The van der Waals surface area contributed by atoms with Gasteiger partial charge in [0, 0.05) is 12.1 Å². The molecule has 2 amide bonds. The molecule has 0 saturated heterocycles. The third-order valence-corrected chi connectivity index (χ3v) is 3.76. The molecule has 27 heavy (non-hydrogen) atoms. The zero-order chi connectivity index (χ0) is 19.8. The molecule has 0 saturated carbocycles. The highest BCUT2D eigenvalue weighted by Gasteiger charge is 2.20. The molecule has 0 aliphatic rings. The van der Waals surface area contributed by atoms with E-state index < -0.39 is 18.1 Å². The Morgan fingerprint density at radius 1 is 1.00 bits per heavy atom. The summed E-state index contributed by atoms with van der Waals surface area (Å²) in [6, 6.07) is 12.5. The molecule has 3 N–H and O–H groups in total. The van der Waals surface area contributed by atoms with Gasteiger partial charge in [0.05, 0.1) is 12.2 Å². The normalized spacial score (nSPS) is 11.3. The van der Waals surface area contributed by atoms with E-state index in [0.717, 1.165) is 5.56 Å². The van der Waals surface area contributed by atoms with Crippen molar-refractivity contribution in [1.29, 1.82) is 0 Å². The molecule has 2 aromatic carbocycles. The number of hydrogen-bond donors (Lipinski definition) is 2. The third-order valence-electron chi connectivity index (χ3n) is 3.76. The van der Waals surface area contributed by atoms with Gasteiger partial charge in [0.2, 0.25) is 5.78 Å². The van der Waals surface area contributed by atoms with Crippen LogP contribution in [-0.2, 0) is 11.3 Å². The minimum atomic E-state index is -0.924. The molecule has 0 aromatic heterocycles. The Hall–Kier alpha value is -3.35. The molecule has 0 bridgehead atoms. The van der Waals surface area contributed by atoms with Crippen molar-refractivity contribution in [1.82, 2.24) is 5.32 Å². The van der Waals surface area contributed by atoms with Gasteiger partial charge in [-0.1, -0.05) is 12.1 Å². The number of ketones is 1. The van der Waals surface area contributed by atoms with Crippen LogP contribution in [0.15, 0.2) is 48.5 Å². The van der Waals surface area contributed by atoms with Gasteiger partial charge in [-0.15, -0.1) is 0 Å². The largest absolute Gasteiger partial charge is 0.494 e. The summed E-state index contributed by atoms with van der Waals surface area (Å²) >= 11 is 0. The average Bonchev–Trinajstić information content (AvgIpc) is 2.67. The van der Waals surface area contributed by atoms with Gasteiger partial charge in [-0.2, -0.15) is 0 Å². The first kappa shape index (κ1) is 20.0. The predicted octanol–water partition coefficient (Wildman–Crippen LogP) is 2.68. The smallest absolute Gasteiger partial charge is 0.338 e. The zero-order valence-electron chi connectivity index (χ0n) is 15.2. The number of ether oxygens (including phenoxy) is 2. The van der Waals surface area contributed by atoms with E-state index in [-0.39, 0.29) is 12.3 Å². The number of carbonyl (C=O) groups is 3. The Kier molecular flexibility index (Phi) is 6.93. The number of rotatable bonds is 8. The van der Waals surface area contributed by atoms with E-state index in [0.29, 0.717) is 23.5 Å². The number of carbonyl (C=O) groups excluding carboxylic acids is 3. The van der Waals surface area contributed by atoms with Crippen molar-refractivity contribution in [3.63, 3.8) is 0 Å². The second kappa shape index (κ2) is 9.38. The lowest BCUT2D eigenvalue weighted by molar-refractivity contribution is 0.0319. The van der Waals surface area contributed by atoms with Crippen molar-refractivity contribution in [3.05, 3.63) is 65.2 Å². The second-order valence-corrected chi connectivity index (χ2v) is 5.78. The van der Waals surface area contributed by atoms with E-state index >= 15 is 0 Å². The summed E-state index contributed by atoms with van der Waals surface area (Å²) in [5.41, 5.74) is 6.54. The maximum atomic E-state index is 12.4. The van der Waals surface area contributed by atoms with Gasteiger partial charge in [-0.25, -0.2) is 9.59 Å². The Balaban J connectivity index is 1.95. The highest BCUT2D eigenvalue weighted by atomic mass is 16.5. The van der Waals surface area contributed by atoms with Crippen LogP contribution >= 0.6 is 0 Å². The van der Waals surface area contributed by atoms with Crippen molar-refractivity contribution in [2.75, 3.05) is 6.61 Å². The van der Waals surface area contributed by atoms with E-state index in [1.165, 1.54) is 6.92 Å². The van der Waals surface area contributed by atoms with Gasteiger partial charge in [-0.05, 0) is 55.8 Å². The molecule has 0 unspecified atom stereocenters. The minimum absolute atomic E-state index is 0.261. The fraction of sp³-hybridized carbons (Fsp3) is 0.250. The predicted molar refractivity (Wildman–Crippen MR) is 99.7 cm³/mol. The van der Waals surface area contributed by atoms with E-state index in [1.807, 2.05) is 6.92 Å². The molecule has 0 radical (unpaired) electrons. The number of nitrogens with one attached hydrogen (secondary N) is 1. The molecule has 0 fully saturated rings. The fourth-order valence-corrected chi connectivity index (χ4v) is 2.35. The van der Waals surface area contributed by atoms with Crippen LogP contribution in [0, 0.1) is 0 Å². The van der Waals surface area contributed by atoms with Crippen LogP contribution < -0.4 is 15.8 Å². The minimum Gasteiger partial charge on any atom is -0.494 e. The third kappa shape index (κ3) is 5.85. The van der Waals surface area contributed by atoms with Gasteiger partial charge in [-0.3, -0.25) is 4.79 Å². The maximum Gasteiger partial charge on any atom is 0.338 e. The molecule has 1 atom stereocenters. The Morgan fingerprint density at radius 3 is 2.15 bits per heavy atom. The molecule has 2 aromatic rings. The molecule has 2 rings (SSSR count). The first-order chi connectivity index (χ1) is 12.9. The van der Waals surface area contributed by atoms with Crippen molar-refractivity contribution in [2.24, 2.45) is 5.73 Å². The highest BCUT2D eigenvalue weighted by Crippen LogP contribution is 2.15. The molecular weight excluding hydrogens is 348 g/mol. The number of primary amides is 1. The number of nitrogens with two attached hydrogens (primary N) is 1. The summed E-state index contributed by atoms with van der Waals surface area (Å²) in [6.45, 7) is 4.21. The summed E-state index contributed by atoms with van der Waals surface area (Å²) in [5.74, 6) is -0.227. The second-order valence-electron chi connectivity index (χ2n) is 5.78. The van der Waals surface area contributed by atoms with Crippen LogP contribution in [0.3, 0.4) is 0 Å². The van der Waals surface area contributed by atoms with Gasteiger partial charge in [0.15, 0.2) is 6.10 Å². The number of hydrogen-bond acceptors (Lipinski definition) is 5. The molecule has 0 heterocycles. The highest BCUT2D eigenvalue weighted by molar-refractivity contribution is 6.01. The lowest BCUT2D eigenvalue weighted by Crippen LogP contribution is -2.28. The SMILES string of the molecule is CCOc1ccc(C(=O)[C@H](C)OC(=O)c2ccc(CNC(N)=O)cc2)cc1. The van der Waals surface area contributed by atoms with Crippen LogP contribution in [0.5, 0.6) is 5.75 Å². The monoisotopic (exact) mass is 370 g/mol. The van der Waals surface area contributed by atoms with Crippen molar-refractivity contribution >= 4 is 17.8 Å². The first-order valence-corrected chi connectivity index (χ1v) is 8.51. The lowest BCUT2D eigenvalue weighted by Gasteiger charge is -2.13.